The first-order valence-electron chi connectivity index (χ1n) is 7.21. The van der Waals surface area contributed by atoms with Crippen LogP contribution in [-0.2, 0) is 11.2 Å². The topological polar surface area (TPSA) is 78.8 Å². The zero-order valence-corrected chi connectivity index (χ0v) is 17.2. The Morgan fingerprint density at radius 2 is 1.79 bits per heavy atom. The van der Waals surface area contributed by atoms with Crippen LogP contribution in [0.4, 0.5) is 0 Å². The normalized spacial score (nSPS) is 11.8. The highest BCUT2D eigenvalue weighted by Gasteiger charge is 2.14. The molecule has 0 aliphatic heterocycles. The molecule has 0 radical (unpaired) electrons. The molecule has 2 aromatic rings. The van der Waals surface area contributed by atoms with Gasteiger partial charge in [-0.25, -0.2) is 0 Å². The van der Waals surface area contributed by atoms with Gasteiger partial charge in [-0.15, -0.1) is 0 Å². The van der Waals surface area contributed by atoms with Crippen molar-refractivity contribution in [2.45, 2.75) is 19.4 Å². The number of benzene rings is 2. The first-order valence-corrected chi connectivity index (χ1v) is 9.37. The summed E-state index contributed by atoms with van der Waals surface area (Å²) in [5.74, 6) is 1.41. The maximum Gasteiger partial charge on any atom is 0.217 e. The molecule has 1 unspecified atom stereocenters. The van der Waals surface area contributed by atoms with Gasteiger partial charge in [0.1, 0.15) is 11.5 Å². The first kappa shape index (κ1) is 19.3. The average Bonchev–Trinajstić information content (AvgIpc) is 2.51. The molecular formula is C17H17I2NO4. The maximum absolute atomic E-state index is 11.2. The summed E-state index contributed by atoms with van der Waals surface area (Å²) in [7, 11) is 0. The van der Waals surface area contributed by atoms with Crippen molar-refractivity contribution in [1.82, 2.24) is 5.32 Å². The predicted molar refractivity (Wildman–Crippen MR) is 108 cm³/mol. The van der Waals surface area contributed by atoms with Crippen LogP contribution in [0.1, 0.15) is 12.5 Å². The molecule has 2 aromatic carbocycles. The summed E-state index contributed by atoms with van der Waals surface area (Å²) >= 11 is 4.40. The molecule has 0 aliphatic carbocycles. The summed E-state index contributed by atoms with van der Waals surface area (Å²) in [5.41, 5.74) is 1.01. The Bertz CT molecular complexity index is 696. The van der Waals surface area contributed by atoms with Gasteiger partial charge in [0.25, 0.3) is 0 Å². The minimum absolute atomic E-state index is 0.113. The molecule has 0 heterocycles. The lowest BCUT2D eigenvalue weighted by Crippen LogP contribution is -2.37. The van der Waals surface area contributed by atoms with Gasteiger partial charge in [0.15, 0.2) is 5.75 Å². The van der Waals surface area contributed by atoms with Crippen LogP contribution in [0.3, 0.4) is 0 Å². The zero-order chi connectivity index (χ0) is 17.7. The highest BCUT2D eigenvalue weighted by atomic mass is 127. The largest absolute Gasteiger partial charge is 0.508 e. The van der Waals surface area contributed by atoms with E-state index in [0.29, 0.717) is 12.2 Å². The van der Waals surface area contributed by atoms with Crippen molar-refractivity contribution < 1.29 is 19.7 Å². The van der Waals surface area contributed by atoms with E-state index in [9.17, 15) is 15.0 Å². The SMILES string of the molecule is CC(=O)NC(CO)Cc1cc(I)c(Oc2ccc(O)cc2)c(I)c1. The van der Waals surface area contributed by atoms with Crippen LogP contribution >= 0.6 is 45.2 Å². The number of aliphatic hydroxyl groups is 1. The van der Waals surface area contributed by atoms with Crippen LogP contribution in [0, 0.1) is 7.14 Å². The Hall–Kier alpha value is -1.07. The van der Waals surface area contributed by atoms with Crippen molar-refractivity contribution >= 4 is 51.1 Å². The number of carbonyl (C=O) groups is 1. The van der Waals surface area contributed by atoms with E-state index in [0.717, 1.165) is 18.5 Å². The van der Waals surface area contributed by atoms with Gasteiger partial charge in [-0.1, -0.05) is 0 Å². The van der Waals surface area contributed by atoms with Gasteiger partial charge in [-0.2, -0.15) is 0 Å². The summed E-state index contributed by atoms with van der Waals surface area (Å²) in [5, 5.41) is 21.4. The molecule has 0 saturated heterocycles. The van der Waals surface area contributed by atoms with E-state index >= 15 is 0 Å². The smallest absolute Gasteiger partial charge is 0.217 e. The number of halogens is 2. The average molecular weight is 553 g/mol. The number of phenols is 1. The number of nitrogens with one attached hydrogen (secondary N) is 1. The number of phenolic OH excluding ortho intramolecular Hbond substituents is 1. The Balaban J connectivity index is 2.18. The van der Waals surface area contributed by atoms with Crippen molar-refractivity contribution in [2.24, 2.45) is 0 Å². The molecule has 7 heteroatoms. The fourth-order valence-corrected chi connectivity index (χ4v) is 4.31. The van der Waals surface area contributed by atoms with Gasteiger partial charge in [-0.3, -0.25) is 4.79 Å². The molecule has 0 bridgehead atoms. The van der Waals surface area contributed by atoms with Crippen LogP contribution in [0.25, 0.3) is 0 Å². The third kappa shape index (κ3) is 5.49. The summed E-state index contributed by atoms with van der Waals surface area (Å²) in [6.45, 7) is 1.32. The maximum atomic E-state index is 11.2. The first-order chi connectivity index (χ1) is 11.4. The van der Waals surface area contributed by atoms with Gasteiger partial charge in [0.05, 0.1) is 19.8 Å². The number of ether oxygens (including phenoxy) is 1. The fourth-order valence-electron chi connectivity index (χ4n) is 2.19. The van der Waals surface area contributed by atoms with E-state index in [-0.39, 0.29) is 24.3 Å². The summed E-state index contributed by atoms with van der Waals surface area (Å²) in [6, 6.07) is 10.2. The molecule has 0 saturated carbocycles. The second-order valence-electron chi connectivity index (χ2n) is 5.27. The Kier molecular flexibility index (Phi) is 7.11. The molecule has 24 heavy (non-hydrogen) atoms. The standard InChI is InChI=1S/C17H17I2NO4/c1-10(22)20-12(9-21)6-11-7-15(18)17(16(19)8-11)24-14-4-2-13(23)3-5-14/h2-5,7-8,12,21,23H,6,9H2,1H3,(H,20,22). The van der Waals surface area contributed by atoms with Crippen molar-refractivity contribution in [2.75, 3.05) is 6.61 Å². The monoisotopic (exact) mass is 553 g/mol. The Morgan fingerprint density at radius 3 is 2.29 bits per heavy atom. The minimum atomic E-state index is -0.307. The van der Waals surface area contributed by atoms with Gasteiger partial charge in [0, 0.05) is 6.92 Å². The highest BCUT2D eigenvalue weighted by Crippen LogP contribution is 2.33. The quantitative estimate of drug-likeness (QED) is 0.480. The van der Waals surface area contributed by atoms with Crippen molar-refractivity contribution in [3.63, 3.8) is 0 Å². The lowest BCUT2D eigenvalue weighted by atomic mass is 10.1. The number of hydrogen-bond acceptors (Lipinski definition) is 4. The molecule has 128 valence electrons. The van der Waals surface area contributed by atoms with Crippen molar-refractivity contribution in [1.29, 1.82) is 0 Å². The summed E-state index contributed by atoms with van der Waals surface area (Å²) < 4.78 is 7.77. The minimum Gasteiger partial charge on any atom is -0.508 e. The van der Waals surface area contributed by atoms with Crippen LogP contribution in [-0.4, -0.2) is 28.8 Å². The van der Waals surface area contributed by atoms with Crippen LogP contribution in [0.2, 0.25) is 0 Å². The van der Waals surface area contributed by atoms with Gasteiger partial charge >= 0.3 is 0 Å². The number of carbonyl (C=O) groups excluding carboxylic acids is 1. The summed E-state index contributed by atoms with van der Waals surface area (Å²) in [4.78, 5) is 11.2. The Morgan fingerprint density at radius 1 is 1.21 bits per heavy atom. The summed E-state index contributed by atoms with van der Waals surface area (Å²) in [6.07, 6.45) is 0.543. The number of aromatic hydroxyl groups is 1. The van der Waals surface area contributed by atoms with E-state index in [4.69, 9.17) is 4.74 Å². The van der Waals surface area contributed by atoms with E-state index in [1.54, 1.807) is 24.3 Å². The second kappa shape index (κ2) is 8.86. The van der Waals surface area contributed by atoms with E-state index in [2.05, 4.69) is 50.5 Å². The van der Waals surface area contributed by atoms with Gasteiger partial charge in [0.2, 0.25) is 5.91 Å². The molecule has 3 N–H and O–H groups in total. The second-order valence-corrected chi connectivity index (χ2v) is 7.59. The predicted octanol–water partition coefficient (Wildman–Crippen LogP) is 3.43. The number of aliphatic hydroxyl groups excluding tert-OH is 1. The van der Waals surface area contributed by atoms with Gasteiger partial charge < -0.3 is 20.3 Å². The molecular weight excluding hydrogens is 536 g/mol. The molecule has 0 spiro atoms. The molecule has 2 rings (SSSR count). The Labute approximate surface area is 167 Å². The molecule has 0 aromatic heterocycles. The molecule has 0 aliphatic rings. The fraction of sp³-hybridized carbons (Fsp3) is 0.235. The molecule has 5 nitrogen and oxygen atoms in total. The molecule has 0 fully saturated rings. The zero-order valence-electron chi connectivity index (χ0n) is 12.9. The third-order valence-corrected chi connectivity index (χ3v) is 4.83. The van der Waals surface area contributed by atoms with Crippen molar-refractivity contribution in [3.8, 4) is 17.2 Å². The number of hydrogen-bond donors (Lipinski definition) is 3. The van der Waals surface area contributed by atoms with Crippen LogP contribution in [0.15, 0.2) is 36.4 Å². The van der Waals surface area contributed by atoms with E-state index < -0.39 is 0 Å². The lowest BCUT2D eigenvalue weighted by molar-refractivity contribution is -0.119. The highest BCUT2D eigenvalue weighted by molar-refractivity contribution is 14.1. The van der Waals surface area contributed by atoms with Crippen molar-refractivity contribution in [3.05, 3.63) is 49.1 Å². The lowest BCUT2D eigenvalue weighted by Gasteiger charge is -2.17. The number of rotatable bonds is 6. The van der Waals surface area contributed by atoms with Crippen LogP contribution in [0.5, 0.6) is 17.2 Å². The van der Waals surface area contributed by atoms with E-state index in [1.165, 1.54) is 6.92 Å². The van der Waals surface area contributed by atoms with Crippen LogP contribution < -0.4 is 10.1 Å². The third-order valence-electron chi connectivity index (χ3n) is 3.22. The van der Waals surface area contributed by atoms with E-state index in [1.807, 2.05) is 12.1 Å². The van der Waals surface area contributed by atoms with Gasteiger partial charge in [-0.05, 0) is 93.6 Å². The number of amides is 1. The molecule has 1 atom stereocenters. The molecule has 1 amide bonds.